The van der Waals surface area contributed by atoms with Gasteiger partial charge in [0, 0.05) is 18.5 Å². The largest absolute Gasteiger partial charge is 0.496 e. The zero-order valence-corrected chi connectivity index (χ0v) is 15.5. The van der Waals surface area contributed by atoms with Crippen LogP contribution in [0.1, 0.15) is 29.6 Å². The molecular weight excluding hydrogens is 358 g/mol. The van der Waals surface area contributed by atoms with Crippen LogP contribution < -0.4 is 10.4 Å². The highest BCUT2D eigenvalue weighted by molar-refractivity contribution is 6.14. The number of methoxy groups -OCH3 is 1. The Morgan fingerprint density at radius 3 is 2.57 bits per heavy atom. The lowest BCUT2D eigenvalue weighted by atomic mass is 10.1. The van der Waals surface area contributed by atoms with Crippen molar-refractivity contribution in [1.82, 2.24) is 4.90 Å². The number of rotatable bonds is 2. The fraction of sp³-hybridized carbons (Fsp3) is 0.273. The molecule has 1 saturated heterocycles. The van der Waals surface area contributed by atoms with Crippen LogP contribution in [0.5, 0.6) is 5.75 Å². The van der Waals surface area contributed by atoms with E-state index in [-0.39, 0.29) is 5.91 Å². The fourth-order valence-corrected chi connectivity index (χ4v) is 4.01. The number of likely N-dealkylation sites (tertiary alicyclic amines) is 1. The Balaban J connectivity index is 1.77. The van der Waals surface area contributed by atoms with Gasteiger partial charge in [-0.1, -0.05) is 12.1 Å². The summed E-state index contributed by atoms with van der Waals surface area (Å²) in [5.74, 6) is 0.356. The lowest BCUT2D eigenvalue weighted by Gasteiger charge is -2.27. The smallest absolute Gasteiger partial charge is 0.348 e. The van der Waals surface area contributed by atoms with Crippen molar-refractivity contribution < 1.29 is 18.4 Å². The summed E-state index contributed by atoms with van der Waals surface area (Å²) in [6.07, 6.45) is 3.16. The molecule has 0 N–H and O–H groups in total. The van der Waals surface area contributed by atoms with Crippen LogP contribution in [0.4, 0.5) is 0 Å². The highest BCUT2D eigenvalue weighted by Gasteiger charge is 2.24. The van der Waals surface area contributed by atoms with Crippen molar-refractivity contribution in [3.8, 4) is 5.75 Å². The summed E-state index contributed by atoms with van der Waals surface area (Å²) in [5.41, 5.74) is 1.39. The van der Waals surface area contributed by atoms with Gasteiger partial charge in [-0.25, -0.2) is 4.79 Å². The molecule has 0 unspecified atom stereocenters. The Morgan fingerprint density at radius 1 is 1.00 bits per heavy atom. The van der Waals surface area contributed by atoms with Crippen molar-refractivity contribution in [3.63, 3.8) is 0 Å². The number of fused-ring (bicyclic) bond motifs is 5. The molecule has 2 aromatic carbocycles. The maximum Gasteiger partial charge on any atom is 0.348 e. The van der Waals surface area contributed by atoms with Crippen molar-refractivity contribution in [2.75, 3.05) is 20.2 Å². The topological polar surface area (TPSA) is 72.9 Å². The Morgan fingerprint density at radius 2 is 1.79 bits per heavy atom. The second-order valence-electron chi connectivity index (χ2n) is 7.09. The van der Waals surface area contributed by atoms with E-state index >= 15 is 0 Å². The highest BCUT2D eigenvalue weighted by Crippen LogP contribution is 2.36. The molecule has 0 atom stereocenters. The van der Waals surface area contributed by atoms with Crippen molar-refractivity contribution in [2.45, 2.75) is 19.3 Å². The van der Waals surface area contributed by atoms with E-state index in [0.717, 1.165) is 37.7 Å². The Hall–Kier alpha value is -3.28. The van der Waals surface area contributed by atoms with E-state index in [4.69, 9.17) is 13.6 Å². The van der Waals surface area contributed by atoms with E-state index in [1.54, 1.807) is 24.3 Å². The minimum Gasteiger partial charge on any atom is -0.496 e. The summed E-state index contributed by atoms with van der Waals surface area (Å²) in [5, 5.41) is 1.67. The number of piperidine rings is 1. The van der Waals surface area contributed by atoms with Crippen LogP contribution in [0.15, 0.2) is 50.0 Å². The van der Waals surface area contributed by atoms with Gasteiger partial charge in [-0.15, -0.1) is 0 Å². The van der Waals surface area contributed by atoms with Gasteiger partial charge in [0.2, 0.25) is 0 Å². The molecule has 6 heteroatoms. The summed E-state index contributed by atoms with van der Waals surface area (Å²) in [4.78, 5) is 27.5. The van der Waals surface area contributed by atoms with Gasteiger partial charge >= 0.3 is 5.63 Å². The van der Waals surface area contributed by atoms with Crippen LogP contribution in [0.3, 0.4) is 0 Å². The second-order valence-corrected chi connectivity index (χ2v) is 7.09. The molecule has 0 spiro atoms. The molecule has 3 heterocycles. The van der Waals surface area contributed by atoms with Gasteiger partial charge in [0.05, 0.1) is 18.1 Å². The molecule has 5 rings (SSSR count). The number of benzene rings is 2. The first kappa shape index (κ1) is 16.9. The minimum atomic E-state index is -0.468. The first-order valence-electron chi connectivity index (χ1n) is 9.43. The number of carbonyl (C=O) groups excluding carboxylic acids is 1. The lowest BCUT2D eigenvalue weighted by molar-refractivity contribution is 0.0721. The summed E-state index contributed by atoms with van der Waals surface area (Å²) < 4.78 is 17.0. The molecule has 0 saturated carbocycles. The maximum atomic E-state index is 13.0. The number of amides is 1. The molecule has 0 radical (unpaired) electrons. The second kappa shape index (κ2) is 6.41. The number of hydrogen-bond acceptors (Lipinski definition) is 5. The highest BCUT2D eigenvalue weighted by atomic mass is 16.5. The molecule has 28 heavy (non-hydrogen) atoms. The molecule has 1 amide bonds. The minimum absolute atomic E-state index is 0.0733. The molecule has 1 fully saturated rings. The van der Waals surface area contributed by atoms with Gasteiger partial charge in [0.25, 0.3) is 5.91 Å². The van der Waals surface area contributed by atoms with Gasteiger partial charge in [-0.2, -0.15) is 0 Å². The first-order valence-corrected chi connectivity index (χ1v) is 9.43. The lowest BCUT2D eigenvalue weighted by Crippen LogP contribution is -2.35. The molecule has 2 aromatic heterocycles. The van der Waals surface area contributed by atoms with Gasteiger partial charge in [-0.05, 0) is 43.5 Å². The first-order chi connectivity index (χ1) is 13.7. The summed E-state index contributed by atoms with van der Waals surface area (Å²) in [6, 6.07) is 10.6. The summed E-state index contributed by atoms with van der Waals surface area (Å²) in [6.45, 7) is 1.49. The van der Waals surface area contributed by atoms with Crippen LogP contribution in [-0.2, 0) is 0 Å². The average molecular weight is 377 g/mol. The summed E-state index contributed by atoms with van der Waals surface area (Å²) >= 11 is 0. The Kier molecular flexibility index (Phi) is 3.86. The van der Waals surface area contributed by atoms with Crippen molar-refractivity contribution in [2.24, 2.45) is 0 Å². The van der Waals surface area contributed by atoms with Crippen LogP contribution in [0.2, 0.25) is 0 Å². The van der Waals surface area contributed by atoms with Crippen molar-refractivity contribution in [1.29, 1.82) is 0 Å². The third kappa shape index (κ3) is 2.48. The number of ether oxygens (including phenoxy) is 1. The quantitative estimate of drug-likeness (QED) is 0.486. The maximum absolute atomic E-state index is 13.0. The summed E-state index contributed by atoms with van der Waals surface area (Å²) in [7, 11) is 1.52. The zero-order valence-electron chi connectivity index (χ0n) is 15.5. The molecular formula is C22H19NO5. The van der Waals surface area contributed by atoms with E-state index in [1.165, 1.54) is 7.11 Å². The Labute approximate surface area is 160 Å². The SMILES string of the molecule is COc1cc2c(cc1C(=O)N1CCCCC1)oc1c3ccccc3oc(=O)c21. The molecule has 1 aliphatic rings. The molecule has 142 valence electrons. The van der Waals surface area contributed by atoms with E-state index in [0.29, 0.717) is 38.8 Å². The molecule has 0 aliphatic carbocycles. The van der Waals surface area contributed by atoms with Gasteiger partial charge in [0.1, 0.15) is 22.3 Å². The predicted octanol–water partition coefficient (Wildman–Crippen LogP) is 4.33. The fourth-order valence-electron chi connectivity index (χ4n) is 4.01. The number of nitrogens with zero attached hydrogens (tertiary/aromatic N) is 1. The monoisotopic (exact) mass is 377 g/mol. The predicted molar refractivity (Wildman–Crippen MR) is 106 cm³/mol. The molecule has 1 aliphatic heterocycles. The zero-order chi connectivity index (χ0) is 19.3. The number of carbonyl (C=O) groups is 1. The van der Waals surface area contributed by atoms with E-state index in [1.807, 2.05) is 17.0 Å². The number of para-hydroxylation sites is 1. The normalized spacial score (nSPS) is 14.8. The Bertz CT molecular complexity index is 1280. The van der Waals surface area contributed by atoms with E-state index in [2.05, 4.69) is 0 Å². The van der Waals surface area contributed by atoms with Crippen molar-refractivity contribution in [3.05, 3.63) is 52.4 Å². The van der Waals surface area contributed by atoms with E-state index in [9.17, 15) is 9.59 Å². The van der Waals surface area contributed by atoms with E-state index < -0.39 is 5.63 Å². The van der Waals surface area contributed by atoms with Crippen LogP contribution >= 0.6 is 0 Å². The third-order valence-corrected chi connectivity index (χ3v) is 5.42. The molecule has 0 bridgehead atoms. The van der Waals surface area contributed by atoms with Gasteiger partial charge in [0.15, 0.2) is 5.58 Å². The van der Waals surface area contributed by atoms with Crippen LogP contribution in [0, 0.1) is 0 Å². The van der Waals surface area contributed by atoms with Crippen molar-refractivity contribution >= 4 is 38.8 Å². The molecule has 4 aromatic rings. The van der Waals surface area contributed by atoms with Crippen LogP contribution in [-0.4, -0.2) is 31.0 Å². The molecule has 6 nitrogen and oxygen atoms in total. The standard InChI is InChI=1S/C22H19NO5/c1-26-17-11-14-18(12-15(17)21(24)23-9-5-2-6-10-23)27-20-13-7-3-4-8-16(13)28-22(25)19(14)20/h3-4,7-8,11-12H,2,5-6,9-10H2,1H3. The van der Waals surface area contributed by atoms with Gasteiger partial charge < -0.3 is 18.5 Å². The number of furan rings is 1. The number of hydrogen-bond donors (Lipinski definition) is 0. The average Bonchev–Trinajstić information content (AvgIpc) is 3.12. The van der Waals surface area contributed by atoms with Crippen LogP contribution in [0.25, 0.3) is 32.9 Å². The van der Waals surface area contributed by atoms with Gasteiger partial charge in [-0.3, -0.25) is 4.79 Å². The third-order valence-electron chi connectivity index (χ3n) is 5.42.